The lowest BCUT2D eigenvalue weighted by molar-refractivity contribution is 0.196. The van der Waals surface area contributed by atoms with E-state index in [2.05, 4.69) is 29.2 Å². The van der Waals surface area contributed by atoms with E-state index in [4.69, 9.17) is 10.5 Å². The number of nitrogens with two attached hydrogens (primary N) is 1. The molecule has 1 aromatic rings. The maximum absolute atomic E-state index is 5.56. The molecule has 0 fully saturated rings. The first-order valence-corrected chi connectivity index (χ1v) is 5.87. The Balaban J connectivity index is 2.49. The second kappa shape index (κ2) is 8.13. The molecule has 0 aromatic heterocycles. The van der Waals surface area contributed by atoms with Gasteiger partial charge in [-0.2, -0.15) is 0 Å². The van der Waals surface area contributed by atoms with Crippen LogP contribution in [0.1, 0.15) is 12.8 Å². The highest BCUT2D eigenvalue weighted by atomic mass is 16.5. The summed E-state index contributed by atoms with van der Waals surface area (Å²) in [5, 5.41) is 0. The second-order valence-corrected chi connectivity index (χ2v) is 3.81. The Kier molecular flexibility index (Phi) is 6.61. The lowest BCUT2D eigenvalue weighted by Crippen LogP contribution is -2.27. The monoisotopic (exact) mass is 222 g/mol. The standard InChI is InChI=1S/C13H22N2O/c1-16-12-6-11-15(10-5-9-14)13-7-3-2-4-8-13/h2-4,7-8H,5-6,9-12,14H2,1H3. The summed E-state index contributed by atoms with van der Waals surface area (Å²) in [5.41, 5.74) is 6.83. The predicted molar refractivity (Wildman–Crippen MR) is 68.8 cm³/mol. The molecule has 0 bridgehead atoms. The number of benzene rings is 1. The van der Waals surface area contributed by atoms with Gasteiger partial charge in [-0.3, -0.25) is 0 Å². The third kappa shape index (κ3) is 4.64. The fourth-order valence-corrected chi connectivity index (χ4v) is 1.69. The number of anilines is 1. The minimum Gasteiger partial charge on any atom is -0.385 e. The molecular weight excluding hydrogens is 200 g/mol. The Hall–Kier alpha value is -1.06. The summed E-state index contributed by atoms with van der Waals surface area (Å²) in [6, 6.07) is 10.5. The van der Waals surface area contributed by atoms with E-state index in [1.54, 1.807) is 7.11 Å². The number of methoxy groups -OCH3 is 1. The highest BCUT2D eigenvalue weighted by Gasteiger charge is 2.04. The van der Waals surface area contributed by atoms with Crippen LogP contribution in [0.3, 0.4) is 0 Å². The average Bonchev–Trinajstić information content (AvgIpc) is 2.35. The van der Waals surface area contributed by atoms with Gasteiger partial charge in [-0.15, -0.1) is 0 Å². The van der Waals surface area contributed by atoms with Crippen LogP contribution in [0.5, 0.6) is 0 Å². The molecule has 0 aliphatic heterocycles. The third-order valence-corrected chi connectivity index (χ3v) is 2.53. The van der Waals surface area contributed by atoms with Crippen LogP contribution in [0.25, 0.3) is 0 Å². The van der Waals surface area contributed by atoms with Gasteiger partial charge < -0.3 is 15.4 Å². The van der Waals surface area contributed by atoms with Crippen LogP contribution in [0, 0.1) is 0 Å². The zero-order chi connectivity index (χ0) is 11.6. The summed E-state index contributed by atoms with van der Waals surface area (Å²) >= 11 is 0. The topological polar surface area (TPSA) is 38.5 Å². The summed E-state index contributed by atoms with van der Waals surface area (Å²) in [5.74, 6) is 0. The molecule has 2 N–H and O–H groups in total. The van der Waals surface area contributed by atoms with E-state index in [1.807, 2.05) is 6.07 Å². The van der Waals surface area contributed by atoms with Gasteiger partial charge in [0.25, 0.3) is 0 Å². The lowest BCUT2D eigenvalue weighted by atomic mass is 10.2. The third-order valence-electron chi connectivity index (χ3n) is 2.53. The van der Waals surface area contributed by atoms with Crippen molar-refractivity contribution in [2.24, 2.45) is 5.73 Å². The van der Waals surface area contributed by atoms with E-state index in [0.717, 1.165) is 39.1 Å². The minimum absolute atomic E-state index is 0.744. The summed E-state index contributed by atoms with van der Waals surface area (Å²) < 4.78 is 5.08. The van der Waals surface area contributed by atoms with Gasteiger partial charge in [0.05, 0.1) is 0 Å². The Morgan fingerprint density at radius 3 is 2.44 bits per heavy atom. The highest BCUT2D eigenvalue weighted by molar-refractivity contribution is 5.45. The van der Waals surface area contributed by atoms with Gasteiger partial charge in [-0.1, -0.05) is 18.2 Å². The fraction of sp³-hybridized carbons (Fsp3) is 0.538. The highest BCUT2D eigenvalue weighted by Crippen LogP contribution is 2.13. The number of hydrogen-bond donors (Lipinski definition) is 1. The number of hydrogen-bond acceptors (Lipinski definition) is 3. The van der Waals surface area contributed by atoms with Gasteiger partial charge in [-0.05, 0) is 31.5 Å². The summed E-state index contributed by atoms with van der Waals surface area (Å²) in [6.45, 7) is 3.60. The number of ether oxygens (including phenoxy) is 1. The van der Waals surface area contributed by atoms with Crippen molar-refractivity contribution in [1.82, 2.24) is 0 Å². The number of rotatable bonds is 8. The first-order chi connectivity index (χ1) is 7.88. The van der Waals surface area contributed by atoms with E-state index < -0.39 is 0 Å². The number of nitrogens with zero attached hydrogens (tertiary/aromatic N) is 1. The Labute approximate surface area is 98.2 Å². The molecule has 0 amide bonds. The maximum atomic E-state index is 5.56. The molecule has 3 heteroatoms. The minimum atomic E-state index is 0.744. The van der Waals surface area contributed by atoms with Crippen molar-refractivity contribution in [3.05, 3.63) is 30.3 Å². The summed E-state index contributed by atoms with van der Waals surface area (Å²) in [7, 11) is 1.74. The molecule has 3 nitrogen and oxygen atoms in total. The smallest absolute Gasteiger partial charge is 0.0479 e. The fourth-order valence-electron chi connectivity index (χ4n) is 1.69. The van der Waals surface area contributed by atoms with Gasteiger partial charge >= 0.3 is 0 Å². The Morgan fingerprint density at radius 1 is 1.12 bits per heavy atom. The molecule has 0 aliphatic rings. The van der Waals surface area contributed by atoms with Gasteiger partial charge in [0.2, 0.25) is 0 Å². The Bertz CT molecular complexity index is 264. The van der Waals surface area contributed by atoms with Crippen LogP contribution in [0.15, 0.2) is 30.3 Å². The van der Waals surface area contributed by atoms with Crippen LogP contribution in [-0.2, 0) is 4.74 Å². The molecule has 1 aromatic carbocycles. The molecular formula is C13H22N2O. The molecule has 0 aliphatic carbocycles. The normalized spacial score (nSPS) is 10.4. The van der Waals surface area contributed by atoms with E-state index in [1.165, 1.54) is 5.69 Å². The molecule has 0 spiro atoms. The molecule has 16 heavy (non-hydrogen) atoms. The van der Waals surface area contributed by atoms with Crippen LogP contribution in [-0.4, -0.2) is 33.4 Å². The van der Waals surface area contributed by atoms with Crippen molar-refractivity contribution in [1.29, 1.82) is 0 Å². The molecule has 1 rings (SSSR count). The average molecular weight is 222 g/mol. The molecule has 0 unspecified atom stereocenters. The largest absolute Gasteiger partial charge is 0.385 e. The zero-order valence-corrected chi connectivity index (χ0v) is 10.1. The van der Waals surface area contributed by atoms with Gasteiger partial charge in [0.15, 0.2) is 0 Å². The van der Waals surface area contributed by atoms with E-state index in [9.17, 15) is 0 Å². The molecule has 0 saturated heterocycles. The van der Waals surface area contributed by atoms with Crippen molar-refractivity contribution in [2.45, 2.75) is 12.8 Å². The van der Waals surface area contributed by atoms with Crippen LogP contribution >= 0.6 is 0 Å². The zero-order valence-electron chi connectivity index (χ0n) is 10.1. The van der Waals surface area contributed by atoms with Crippen molar-refractivity contribution in [3.8, 4) is 0 Å². The molecule has 0 atom stereocenters. The van der Waals surface area contributed by atoms with E-state index in [0.29, 0.717) is 0 Å². The molecule has 0 heterocycles. The summed E-state index contributed by atoms with van der Waals surface area (Å²) in [6.07, 6.45) is 2.08. The van der Waals surface area contributed by atoms with Gasteiger partial charge in [0, 0.05) is 32.5 Å². The predicted octanol–water partition coefficient (Wildman–Crippen LogP) is 1.88. The van der Waals surface area contributed by atoms with Gasteiger partial charge in [-0.25, -0.2) is 0 Å². The first-order valence-electron chi connectivity index (χ1n) is 5.87. The van der Waals surface area contributed by atoms with Crippen molar-refractivity contribution >= 4 is 5.69 Å². The lowest BCUT2D eigenvalue weighted by Gasteiger charge is -2.24. The first kappa shape index (κ1) is 13.0. The summed E-state index contributed by atoms with van der Waals surface area (Å²) in [4.78, 5) is 2.37. The molecule has 90 valence electrons. The molecule has 0 saturated carbocycles. The van der Waals surface area contributed by atoms with Crippen LogP contribution < -0.4 is 10.6 Å². The van der Waals surface area contributed by atoms with Crippen molar-refractivity contribution in [2.75, 3.05) is 38.3 Å². The quantitative estimate of drug-likeness (QED) is 0.683. The van der Waals surface area contributed by atoms with E-state index in [-0.39, 0.29) is 0 Å². The Morgan fingerprint density at radius 2 is 1.81 bits per heavy atom. The van der Waals surface area contributed by atoms with Crippen molar-refractivity contribution < 1.29 is 4.74 Å². The maximum Gasteiger partial charge on any atom is 0.0479 e. The van der Waals surface area contributed by atoms with Crippen LogP contribution in [0.2, 0.25) is 0 Å². The van der Waals surface area contributed by atoms with Crippen molar-refractivity contribution in [3.63, 3.8) is 0 Å². The van der Waals surface area contributed by atoms with Gasteiger partial charge in [0.1, 0.15) is 0 Å². The second-order valence-electron chi connectivity index (χ2n) is 3.81. The number of para-hydroxylation sites is 1. The van der Waals surface area contributed by atoms with E-state index >= 15 is 0 Å². The SMILES string of the molecule is COCCCN(CCCN)c1ccccc1. The van der Waals surface area contributed by atoms with Crippen LogP contribution in [0.4, 0.5) is 5.69 Å². The molecule has 0 radical (unpaired) electrons.